The molecule has 24 heavy (non-hydrogen) atoms. The Kier molecular flexibility index (Phi) is 4.06. The summed E-state index contributed by atoms with van der Waals surface area (Å²) in [6.07, 6.45) is 5.05. The summed E-state index contributed by atoms with van der Waals surface area (Å²) in [6, 6.07) is 13.7. The van der Waals surface area contributed by atoms with E-state index in [-0.39, 0.29) is 0 Å². The van der Waals surface area contributed by atoms with E-state index in [2.05, 4.69) is 25.3 Å². The van der Waals surface area contributed by atoms with Gasteiger partial charge < -0.3 is 10.3 Å². The van der Waals surface area contributed by atoms with Gasteiger partial charge in [-0.3, -0.25) is 0 Å². The first-order valence-corrected chi connectivity index (χ1v) is 8.42. The molecule has 0 amide bonds. The van der Waals surface area contributed by atoms with Crippen LogP contribution in [0.1, 0.15) is 0 Å². The number of nitrogens with one attached hydrogen (secondary N) is 2. The molecule has 0 aliphatic carbocycles. The lowest BCUT2D eigenvalue weighted by Crippen LogP contribution is -1.96. The van der Waals surface area contributed by atoms with Crippen LogP contribution in [0, 0.1) is 0 Å². The van der Waals surface area contributed by atoms with Crippen LogP contribution in [0.5, 0.6) is 0 Å². The molecule has 118 valence electrons. The van der Waals surface area contributed by atoms with E-state index >= 15 is 0 Å². The smallest absolute Gasteiger partial charge is 0.170 e. The Morgan fingerprint density at radius 2 is 1.96 bits per heavy atom. The van der Waals surface area contributed by atoms with Gasteiger partial charge in [0.25, 0.3) is 0 Å². The first-order valence-electron chi connectivity index (χ1n) is 7.23. The Morgan fingerprint density at radius 3 is 2.79 bits per heavy atom. The number of hydrogen-bond donors (Lipinski definition) is 2. The van der Waals surface area contributed by atoms with Crippen LogP contribution in [0.2, 0.25) is 5.02 Å². The van der Waals surface area contributed by atoms with Crippen molar-refractivity contribution in [1.29, 1.82) is 0 Å². The highest BCUT2D eigenvalue weighted by atomic mass is 35.5. The number of aromatic nitrogens is 4. The monoisotopic (exact) mass is 353 g/mol. The Hall–Kier alpha value is -2.57. The number of fused-ring (bicyclic) bond motifs is 1. The highest BCUT2D eigenvalue weighted by Crippen LogP contribution is 2.34. The topological polar surface area (TPSA) is 66.5 Å². The van der Waals surface area contributed by atoms with Crippen LogP contribution in [0.4, 0.5) is 11.5 Å². The molecule has 5 nitrogen and oxygen atoms in total. The molecular weight excluding hydrogens is 342 g/mol. The molecule has 7 heteroatoms. The van der Waals surface area contributed by atoms with E-state index in [1.165, 1.54) is 11.8 Å². The second-order valence-electron chi connectivity index (χ2n) is 5.01. The second-order valence-corrected chi connectivity index (χ2v) is 6.44. The summed E-state index contributed by atoms with van der Waals surface area (Å²) in [7, 11) is 0. The summed E-state index contributed by atoms with van der Waals surface area (Å²) in [5, 5.41) is 5.73. The van der Waals surface area contributed by atoms with Crippen LogP contribution >= 0.6 is 23.4 Å². The van der Waals surface area contributed by atoms with Crippen LogP contribution in [0.25, 0.3) is 10.9 Å². The van der Waals surface area contributed by atoms with Crippen LogP contribution in [0.15, 0.2) is 71.2 Å². The Bertz CT molecular complexity index is 982. The van der Waals surface area contributed by atoms with E-state index in [0.29, 0.717) is 5.02 Å². The van der Waals surface area contributed by atoms with Crippen molar-refractivity contribution >= 4 is 45.8 Å². The molecule has 2 N–H and O–H groups in total. The van der Waals surface area contributed by atoms with E-state index in [0.717, 1.165) is 32.5 Å². The third kappa shape index (κ3) is 3.06. The zero-order valence-electron chi connectivity index (χ0n) is 12.4. The summed E-state index contributed by atoms with van der Waals surface area (Å²) in [4.78, 5) is 16.8. The number of para-hydroxylation sites is 1. The lowest BCUT2D eigenvalue weighted by molar-refractivity contribution is 1.06. The summed E-state index contributed by atoms with van der Waals surface area (Å²) in [5.74, 6) is 0.753. The fourth-order valence-corrected chi connectivity index (χ4v) is 3.35. The van der Waals surface area contributed by atoms with Gasteiger partial charge in [0.05, 0.1) is 10.5 Å². The zero-order valence-corrected chi connectivity index (χ0v) is 14.0. The maximum absolute atomic E-state index is 6.40. The molecule has 0 saturated carbocycles. The van der Waals surface area contributed by atoms with Crippen molar-refractivity contribution in [1.82, 2.24) is 19.9 Å². The minimum absolute atomic E-state index is 0.653. The van der Waals surface area contributed by atoms with Crippen molar-refractivity contribution in [2.75, 3.05) is 5.32 Å². The highest BCUT2D eigenvalue weighted by molar-refractivity contribution is 7.99. The van der Waals surface area contributed by atoms with Crippen molar-refractivity contribution in [3.63, 3.8) is 0 Å². The maximum Gasteiger partial charge on any atom is 0.170 e. The fraction of sp³-hybridized carbons (Fsp3) is 0. The predicted octanol–water partition coefficient (Wildman–Crippen LogP) is 4.90. The molecule has 4 aromatic rings. The number of halogens is 1. The van der Waals surface area contributed by atoms with Gasteiger partial charge in [0.15, 0.2) is 5.16 Å². The normalized spacial score (nSPS) is 10.9. The van der Waals surface area contributed by atoms with Gasteiger partial charge in [-0.05, 0) is 30.3 Å². The molecule has 0 spiro atoms. The van der Waals surface area contributed by atoms with E-state index in [1.54, 1.807) is 18.7 Å². The minimum Gasteiger partial charge on any atom is -0.340 e. The van der Waals surface area contributed by atoms with Gasteiger partial charge >= 0.3 is 0 Å². The van der Waals surface area contributed by atoms with E-state index in [9.17, 15) is 0 Å². The summed E-state index contributed by atoms with van der Waals surface area (Å²) in [5.41, 5.74) is 1.76. The summed E-state index contributed by atoms with van der Waals surface area (Å²) in [6.45, 7) is 0. The molecule has 0 radical (unpaired) electrons. The van der Waals surface area contributed by atoms with Crippen molar-refractivity contribution in [2.45, 2.75) is 10.1 Å². The average Bonchev–Trinajstić information content (AvgIpc) is 3.11. The molecule has 2 aromatic carbocycles. The number of nitrogens with zero attached hydrogens (tertiary/aromatic N) is 3. The quantitative estimate of drug-likeness (QED) is 0.546. The number of benzene rings is 2. The van der Waals surface area contributed by atoms with Crippen LogP contribution < -0.4 is 5.32 Å². The molecule has 0 saturated heterocycles. The molecule has 0 aliphatic rings. The molecule has 0 aliphatic heterocycles. The zero-order chi connectivity index (χ0) is 16.4. The van der Waals surface area contributed by atoms with Gasteiger partial charge in [-0.2, -0.15) is 0 Å². The first-order chi connectivity index (χ1) is 11.8. The van der Waals surface area contributed by atoms with Crippen molar-refractivity contribution < 1.29 is 0 Å². The second kappa shape index (κ2) is 6.51. The number of anilines is 2. The summed E-state index contributed by atoms with van der Waals surface area (Å²) < 4.78 is 0. The van der Waals surface area contributed by atoms with Crippen LogP contribution in [-0.4, -0.2) is 19.9 Å². The lowest BCUT2D eigenvalue weighted by atomic mass is 10.2. The van der Waals surface area contributed by atoms with Crippen molar-refractivity contribution in [2.24, 2.45) is 0 Å². The average molecular weight is 354 g/mol. The molecule has 0 atom stereocenters. The number of hydrogen-bond acceptors (Lipinski definition) is 5. The maximum atomic E-state index is 6.40. The molecule has 0 unspecified atom stereocenters. The summed E-state index contributed by atoms with van der Waals surface area (Å²) >= 11 is 7.88. The van der Waals surface area contributed by atoms with Crippen LogP contribution in [-0.2, 0) is 0 Å². The van der Waals surface area contributed by atoms with E-state index in [4.69, 9.17) is 11.6 Å². The number of rotatable bonds is 4. The van der Waals surface area contributed by atoms with Gasteiger partial charge in [0.1, 0.15) is 12.1 Å². The molecule has 2 aromatic heterocycles. The van der Waals surface area contributed by atoms with Gasteiger partial charge in [-0.15, -0.1) is 0 Å². The molecule has 0 bridgehead atoms. The minimum atomic E-state index is 0.653. The van der Waals surface area contributed by atoms with Gasteiger partial charge in [0.2, 0.25) is 0 Å². The third-order valence-electron chi connectivity index (χ3n) is 3.42. The number of H-pyrrole nitrogens is 1. The molecular formula is C17H12ClN5S. The molecule has 4 rings (SSSR count). The van der Waals surface area contributed by atoms with Gasteiger partial charge in [0, 0.05) is 28.4 Å². The third-order valence-corrected chi connectivity index (χ3v) is 4.83. The number of imidazole rings is 1. The van der Waals surface area contributed by atoms with Crippen molar-refractivity contribution in [3.05, 3.63) is 66.2 Å². The Balaban J connectivity index is 1.62. The van der Waals surface area contributed by atoms with Gasteiger partial charge in [-0.1, -0.05) is 35.5 Å². The van der Waals surface area contributed by atoms with Gasteiger partial charge in [-0.25, -0.2) is 15.0 Å². The lowest BCUT2D eigenvalue weighted by Gasteiger charge is -2.10. The number of aromatic amines is 1. The predicted molar refractivity (Wildman–Crippen MR) is 97.0 cm³/mol. The first kappa shape index (κ1) is 15.0. The molecule has 2 heterocycles. The Labute approximate surface area is 147 Å². The van der Waals surface area contributed by atoms with Crippen molar-refractivity contribution in [3.8, 4) is 0 Å². The fourth-order valence-electron chi connectivity index (χ4n) is 2.31. The highest BCUT2D eigenvalue weighted by Gasteiger charge is 2.08. The largest absolute Gasteiger partial charge is 0.340 e. The standard InChI is InChI=1S/C17H12ClN5S/c18-13-9-11(5-6-15(13)24-17-19-7-8-20-17)23-16-12-3-1-2-4-14(12)21-10-22-16/h1-10H,(H,19,20)(H,21,22,23). The van der Waals surface area contributed by atoms with E-state index in [1.807, 2.05) is 42.5 Å². The SMILES string of the molecule is Clc1cc(Nc2ncnc3ccccc23)ccc1Sc1ncc[nH]1. The molecule has 0 fully saturated rings. The Morgan fingerprint density at radius 1 is 1.04 bits per heavy atom. The van der Waals surface area contributed by atoms with E-state index < -0.39 is 0 Å². The van der Waals surface area contributed by atoms with Crippen LogP contribution in [0.3, 0.4) is 0 Å².